The maximum atomic E-state index is 12.1. The number of nitrogens with zero attached hydrogens (tertiary/aromatic N) is 1. The summed E-state index contributed by atoms with van der Waals surface area (Å²) in [6, 6.07) is -0.0628. The lowest BCUT2D eigenvalue weighted by Gasteiger charge is -2.23. The Balaban J connectivity index is 2.36. The van der Waals surface area contributed by atoms with Gasteiger partial charge in [-0.1, -0.05) is 12.8 Å². The van der Waals surface area contributed by atoms with Crippen LogP contribution in [-0.4, -0.2) is 49.9 Å². The summed E-state index contributed by atoms with van der Waals surface area (Å²) in [6.07, 6.45) is 4.71. The molecule has 1 rings (SSSR count). The topological polar surface area (TPSA) is 61.4 Å². The van der Waals surface area contributed by atoms with Gasteiger partial charge in [-0.3, -0.25) is 9.59 Å². The highest BCUT2D eigenvalue weighted by Crippen LogP contribution is 2.10. The second-order valence-corrected chi connectivity index (χ2v) is 4.54. The van der Waals surface area contributed by atoms with Crippen molar-refractivity contribution in [3.05, 3.63) is 0 Å². The fourth-order valence-electron chi connectivity index (χ4n) is 2.01. The molecule has 2 amide bonds. The smallest absolute Gasteiger partial charge is 0.239 e. The second-order valence-electron chi connectivity index (χ2n) is 4.54. The van der Waals surface area contributed by atoms with Gasteiger partial charge in [-0.05, 0) is 19.4 Å². The fraction of sp³-hybridized carbons (Fsp3) is 0.833. The van der Waals surface area contributed by atoms with Gasteiger partial charge < -0.3 is 15.5 Å². The van der Waals surface area contributed by atoms with Gasteiger partial charge in [0.2, 0.25) is 11.8 Å². The van der Waals surface area contributed by atoms with E-state index in [9.17, 15) is 9.59 Å². The molecule has 0 bridgehead atoms. The Morgan fingerprint density at radius 3 is 2.82 bits per heavy atom. The van der Waals surface area contributed by atoms with E-state index in [4.69, 9.17) is 0 Å². The van der Waals surface area contributed by atoms with Gasteiger partial charge >= 0.3 is 0 Å². The molecule has 0 aromatic rings. The van der Waals surface area contributed by atoms with Crippen molar-refractivity contribution >= 4 is 11.8 Å². The lowest BCUT2D eigenvalue weighted by molar-refractivity contribution is -0.132. The van der Waals surface area contributed by atoms with E-state index >= 15 is 0 Å². The van der Waals surface area contributed by atoms with Crippen LogP contribution in [0.2, 0.25) is 0 Å². The van der Waals surface area contributed by atoms with Crippen LogP contribution >= 0.6 is 0 Å². The van der Waals surface area contributed by atoms with Gasteiger partial charge in [0, 0.05) is 27.1 Å². The maximum Gasteiger partial charge on any atom is 0.239 e. The lowest BCUT2D eigenvalue weighted by Crippen LogP contribution is -2.45. The number of likely N-dealkylation sites (N-methyl/N-ethyl adjacent to an activating group) is 1. The Kier molecular flexibility index (Phi) is 5.97. The Morgan fingerprint density at radius 2 is 2.12 bits per heavy atom. The van der Waals surface area contributed by atoms with E-state index in [0.717, 1.165) is 25.8 Å². The van der Waals surface area contributed by atoms with E-state index in [1.807, 2.05) is 0 Å². The molecular weight excluding hydrogens is 218 g/mol. The molecule has 1 fully saturated rings. The van der Waals surface area contributed by atoms with E-state index in [-0.39, 0.29) is 17.9 Å². The number of amides is 2. The first-order valence-electron chi connectivity index (χ1n) is 6.34. The van der Waals surface area contributed by atoms with E-state index in [2.05, 4.69) is 10.6 Å². The van der Waals surface area contributed by atoms with Crippen molar-refractivity contribution in [3.63, 3.8) is 0 Å². The molecule has 1 heterocycles. The van der Waals surface area contributed by atoms with Gasteiger partial charge in [0.25, 0.3) is 0 Å². The molecule has 0 saturated carbocycles. The number of hydrogen-bond acceptors (Lipinski definition) is 3. The van der Waals surface area contributed by atoms with Crippen molar-refractivity contribution in [1.29, 1.82) is 0 Å². The van der Waals surface area contributed by atoms with Crippen LogP contribution in [0.1, 0.15) is 32.1 Å². The van der Waals surface area contributed by atoms with Gasteiger partial charge in [0.1, 0.15) is 0 Å². The van der Waals surface area contributed by atoms with Crippen LogP contribution in [0.3, 0.4) is 0 Å². The molecule has 0 spiro atoms. The Morgan fingerprint density at radius 1 is 1.35 bits per heavy atom. The van der Waals surface area contributed by atoms with Gasteiger partial charge in [-0.15, -0.1) is 0 Å². The molecule has 17 heavy (non-hydrogen) atoms. The largest absolute Gasteiger partial charge is 0.359 e. The molecule has 0 radical (unpaired) electrons. The molecule has 98 valence electrons. The summed E-state index contributed by atoms with van der Waals surface area (Å²) in [7, 11) is 3.37. The zero-order valence-corrected chi connectivity index (χ0v) is 10.8. The summed E-state index contributed by atoms with van der Waals surface area (Å²) in [4.78, 5) is 24.8. The summed E-state index contributed by atoms with van der Waals surface area (Å²) in [6.45, 7) is 1.40. The third-order valence-electron chi connectivity index (χ3n) is 3.19. The van der Waals surface area contributed by atoms with Crippen molar-refractivity contribution in [2.75, 3.05) is 27.2 Å². The number of rotatable bonds is 4. The molecule has 1 aliphatic rings. The number of hydrogen-bond donors (Lipinski definition) is 2. The van der Waals surface area contributed by atoms with E-state index in [1.165, 1.54) is 6.42 Å². The van der Waals surface area contributed by atoms with Crippen molar-refractivity contribution in [3.8, 4) is 0 Å². The average Bonchev–Trinajstić information content (AvgIpc) is 2.63. The van der Waals surface area contributed by atoms with Crippen molar-refractivity contribution in [2.45, 2.75) is 38.1 Å². The highest BCUT2D eigenvalue weighted by atomic mass is 16.2. The average molecular weight is 241 g/mol. The lowest BCUT2D eigenvalue weighted by atomic mass is 10.1. The first-order valence-corrected chi connectivity index (χ1v) is 6.34. The molecule has 2 N–H and O–H groups in total. The van der Waals surface area contributed by atoms with Crippen LogP contribution in [0.15, 0.2) is 0 Å². The Labute approximate surface area is 103 Å². The summed E-state index contributed by atoms with van der Waals surface area (Å²) in [5, 5.41) is 5.83. The fourth-order valence-corrected chi connectivity index (χ4v) is 2.01. The minimum absolute atomic E-state index is 0.0292. The first-order chi connectivity index (χ1) is 8.15. The van der Waals surface area contributed by atoms with E-state index in [1.54, 1.807) is 19.0 Å². The quantitative estimate of drug-likeness (QED) is 0.734. The SMILES string of the molecule is CNC(=O)CCN(C)C(=O)C1CCCCCN1. The summed E-state index contributed by atoms with van der Waals surface area (Å²) >= 11 is 0. The van der Waals surface area contributed by atoms with Crippen LogP contribution in [0.25, 0.3) is 0 Å². The van der Waals surface area contributed by atoms with Crippen LogP contribution in [-0.2, 0) is 9.59 Å². The highest BCUT2D eigenvalue weighted by Gasteiger charge is 2.22. The predicted molar refractivity (Wildman–Crippen MR) is 66.6 cm³/mol. The second kappa shape index (κ2) is 7.27. The Bertz CT molecular complexity index is 260. The van der Waals surface area contributed by atoms with E-state index < -0.39 is 0 Å². The summed E-state index contributed by atoms with van der Waals surface area (Å²) < 4.78 is 0. The molecule has 0 aromatic carbocycles. The van der Waals surface area contributed by atoms with Crippen molar-refractivity contribution in [2.24, 2.45) is 0 Å². The minimum Gasteiger partial charge on any atom is -0.359 e. The Hall–Kier alpha value is -1.10. The van der Waals surface area contributed by atoms with Gasteiger partial charge in [-0.2, -0.15) is 0 Å². The van der Waals surface area contributed by atoms with E-state index in [0.29, 0.717) is 13.0 Å². The van der Waals surface area contributed by atoms with Gasteiger partial charge in [0.15, 0.2) is 0 Å². The monoisotopic (exact) mass is 241 g/mol. The normalized spacial score (nSPS) is 20.5. The molecule has 0 aliphatic carbocycles. The molecular formula is C12H23N3O2. The molecule has 1 atom stereocenters. The molecule has 1 unspecified atom stereocenters. The molecule has 5 nitrogen and oxygen atoms in total. The number of carbonyl (C=O) groups excluding carboxylic acids is 2. The van der Waals surface area contributed by atoms with Gasteiger partial charge in [0.05, 0.1) is 6.04 Å². The number of carbonyl (C=O) groups is 2. The molecule has 1 aliphatic heterocycles. The van der Waals surface area contributed by atoms with Crippen LogP contribution in [0, 0.1) is 0 Å². The third kappa shape index (κ3) is 4.73. The minimum atomic E-state index is -0.0628. The maximum absolute atomic E-state index is 12.1. The molecule has 0 aromatic heterocycles. The highest BCUT2D eigenvalue weighted by molar-refractivity contribution is 5.82. The summed E-state index contributed by atoms with van der Waals surface area (Å²) in [5.41, 5.74) is 0. The predicted octanol–water partition coefficient (Wildman–Crippen LogP) is 0.113. The number of nitrogens with one attached hydrogen (secondary N) is 2. The first kappa shape index (κ1) is 14.0. The van der Waals surface area contributed by atoms with Crippen molar-refractivity contribution in [1.82, 2.24) is 15.5 Å². The van der Waals surface area contributed by atoms with Crippen LogP contribution in [0.4, 0.5) is 0 Å². The third-order valence-corrected chi connectivity index (χ3v) is 3.19. The van der Waals surface area contributed by atoms with Crippen LogP contribution < -0.4 is 10.6 Å². The zero-order valence-electron chi connectivity index (χ0n) is 10.8. The van der Waals surface area contributed by atoms with Gasteiger partial charge in [-0.25, -0.2) is 0 Å². The molecule has 1 saturated heterocycles. The van der Waals surface area contributed by atoms with Crippen molar-refractivity contribution < 1.29 is 9.59 Å². The molecule has 5 heteroatoms. The zero-order chi connectivity index (χ0) is 12.7. The van der Waals surface area contributed by atoms with Crippen LogP contribution in [0.5, 0.6) is 0 Å². The summed E-state index contributed by atoms with van der Waals surface area (Å²) in [5.74, 6) is 0.0780. The standard InChI is InChI=1S/C12H23N3O2/c1-13-11(16)7-9-15(2)12(17)10-6-4-3-5-8-14-10/h10,14H,3-9H2,1-2H3,(H,13,16).